The molecule has 1 saturated heterocycles. The van der Waals surface area contributed by atoms with Crippen LogP contribution in [0.3, 0.4) is 0 Å². The lowest BCUT2D eigenvalue weighted by Gasteiger charge is -2.40. The van der Waals surface area contributed by atoms with Crippen molar-refractivity contribution >= 4 is 17.4 Å². The zero-order chi connectivity index (χ0) is 29.4. The van der Waals surface area contributed by atoms with Crippen LogP contribution in [0.15, 0.2) is 54.6 Å². The number of carbonyl (C=O) groups is 1. The van der Waals surface area contributed by atoms with Crippen LogP contribution in [0.4, 0.5) is 10.2 Å². The molecule has 0 radical (unpaired) electrons. The molecule has 1 fully saturated rings. The molecule has 0 spiro atoms. The molecule has 0 atom stereocenters. The quantitative estimate of drug-likeness (QED) is 0.289. The van der Waals surface area contributed by atoms with Gasteiger partial charge in [-0.3, -0.25) is 4.79 Å². The third kappa shape index (κ3) is 5.48. The Morgan fingerprint density at radius 2 is 1.88 bits per heavy atom. The molecule has 1 N–H and O–H groups in total. The molecule has 42 heavy (non-hydrogen) atoms. The highest BCUT2D eigenvalue weighted by Crippen LogP contribution is 2.37. The van der Waals surface area contributed by atoms with E-state index in [0.29, 0.717) is 66.6 Å². The van der Waals surface area contributed by atoms with Crippen molar-refractivity contribution < 1.29 is 23.8 Å². The summed E-state index contributed by atoms with van der Waals surface area (Å²) in [4.78, 5) is 18.9. The van der Waals surface area contributed by atoms with Gasteiger partial charge in [-0.2, -0.15) is 9.61 Å². The van der Waals surface area contributed by atoms with Crippen LogP contribution >= 0.6 is 0 Å². The predicted molar refractivity (Wildman–Crippen MR) is 160 cm³/mol. The molecule has 5 heterocycles. The number of anilines is 1. The van der Waals surface area contributed by atoms with Gasteiger partial charge in [0.15, 0.2) is 5.65 Å². The van der Waals surface area contributed by atoms with Gasteiger partial charge >= 0.3 is 5.97 Å². The highest BCUT2D eigenvalue weighted by Gasteiger charge is 2.33. The molecular formula is C33H35FN4O4. The number of piperidine rings is 1. The maximum Gasteiger partial charge on any atom is 0.308 e. The molecule has 4 aromatic rings. The van der Waals surface area contributed by atoms with E-state index in [4.69, 9.17) is 19.6 Å². The Labute approximate surface area is 244 Å². The maximum absolute atomic E-state index is 14.6. The summed E-state index contributed by atoms with van der Waals surface area (Å²) in [6.07, 6.45) is 6.14. The average molecular weight is 571 g/mol. The summed E-state index contributed by atoms with van der Waals surface area (Å²) in [6.45, 7) is 8.04. The topological polar surface area (TPSA) is 89.2 Å². The molecule has 218 valence electrons. The average Bonchev–Trinajstić information content (AvgIpc) is 3.38. The number of aromatic nitrogens is 3. The summed E-state index contributed by atoms with van der Waals surface area (Å²) >= 11 is 0. The van der Waals surface area contributed by atoms with Crippen molar-refractivity contribution in [2.24, 2.45) is 0 Å². The Bertz CT molecular complexity index is 1690. The molecule has 9 heteroatoms. The van der Waals surface area contributed by atoms with Crippen LogP contribution in [0.5, 0.6) is 5.75 Å². The van der Waals surface area contributed by atoms with E-state index < -0.39 is 5.97 Å². The van der Waals surface area contributed by atoms with E-state index in [1.165, 1.54) is 6.07 Å². The molecule has 8 nitrogen and oxygen atoms in total. The Morgan fingerprint density at radius 3 is 2.67 bits per heavy atom. The van der Waals surface area contributed by atoms with Crippen LogP contribution in [0, 0.1) is 19.7 Å². The Kier molecular flexibility index (Phi) is 7.45. The zero-order valence-electron chi connectivity index (χ0n) is 24.2. The first-order chi connectivity index (χ1) is 20.2. The van der Waals surface area contributed by atoms with Crippen LogP contribution in [0.2, 0.25) is 0 Å². The Hall–Kier alpha value is -4.24. The molecule has 0 unspecified atom stereocenters. The predicted octanol–water partition coefficient (Wildman–Crippen LogP) is 6.16. The van der Waals surface area contributed by atoms with Gasteiger partial charge in [-0.05, 0) is 63.3 Å². The van der Waals surface area contributed by atoms with Crippen molar-refractivity contribution in [3.05, 3.63) is 77.3 Å². The van der Waals surface area contributed by atoms with Crippen LogP contribution in [-0.4, -0.2) is 57.6 Å². The fraction of sp³-hybridized carbons (Fsp3) is 0.364. The van der Waals surface area contributed by atoms with Gasteiger partial charge in [0.05, 0.1) is 30.9 Å². The molecular weight excluding hydrogens is 535 g/mol. The van der Waals surface area contributed by atoms with E-state index >= 15 is 0 Å². The maximum atomic E-state index is 14.6. The number of rotatable bonds is 2. The van der Waals surface area contributed by atoms with Crippen molar-refractivity contribution in [1.29, 1.82) is 0 Å². The zero-order valence-corrected chi connectivity index (χ0v) is 24.2. The number of nitrogens with zero attached hydrogens (tertiary/aromatic N) is 4. The lowest BCUT2D eigenvalue weighted by molar-refractivity contribution is -0.136. The second kappa shape index (κ2) is 11.2. The lowest BCUT2D eigenvalue weighted by atomic mass is 9.93. The second-order valence-corrected chi connectivity index (χ2v) is 11.4. The number of carboxylic acids is 1. The second-order valence-electron chi connectivity index (χ2n) is 11.4. The minimum atomic E-state index is -0.911. The van der Waals surface area contributed by atoms with Crippen molar-refractivity contribution in [3.8, 4) is 28.1 Å². The molecule has 0 aliphatic carbocycles. The molecule has 2 aromatic carbocycles. The molecule has 3 aliphatic rings. The summed E-state index contributed by atoms with van der Waals surface area (Å²) in [5.41, 5.74) is 5.50. The molecule has 2 aromatic heterocycles. The van der Waals surface area contributed by atoms with Crippen molar-refractivity contribution in [3.63, 3.8) is 0 Å². The lowest BCUT2D eigenvalue weighted by Crippen LogP contribution is -2.45. The third-order valence-corrected chi connectivity index (χ3v) is 8.30. The first-order valence-corrected chi connectivity index (χ1v) is 14.4. The van der Waals surface area contributed by atoms with Crippen LogP contribution in [-0.2, 0) is 16.0 Å². The number of ether oxygens (including phenoxy) is 2. The van der Waals surface area contributed by atoms with Crippen LogP contribution in [0.1, 0.15) is 43.0 Å². The summed E-state index contributed by atoms with van der Waals surface area (Å²) in [5.74, 6) is 0.0306. The van der Waals surface area contributed by atoms with Crippen molar-refractivity contribution in [2.45, 2.75) is 52.1 Å². The normalized spacial score (nSPS) is 17.6. The number of carboxylic acid groups (broad SMARTS) is 1. The van der Waals surface area contributed by atoms with Gasteiger partial charge in [0, 0.05) is 47.6 Å². The fourth-order valence-corrected chi connectivity index (χ4v) is 5.82. The van der Waals surface area contributed by atoms with Gasteiger partial charge in [0.1, 0.15) is 17.4 Å². The molecule has 0 amide bonds. The van der Waals surface area contributed by atoms with Gasteiger partial charge < -0.3 is 19.5 Å². The van der Waals surface area contributed by atoms with Crippen molar-refractivity contribution in [1.82, 2.24) is 14.6 Å². The highest BCUT2D eigenvalue weighted by atomic mass is 19.1. The van der Waals surface area contributed by atoms with E-state index in [9.17, 15) is 14.3 Å². The van der Waals surface area contributed by atoms with Gasteiger partial charge in [-0.1, -0.05) is 30.4 Å². The number of halogens is 1. The van der Waals surface area contributed by atoms with E-state index in [2.05, 4.69) is 11.8 Å². The van der Waals surface area contributed by atoms with Crippen molar-refractivity contribution in [2.75, 3.05) is 31.2 Å². The number of benzene rings is 2. The van der Waals surface area contributed by atoms with E-state index in [1.54, 1.807) is 11.4 Å². The smallest absolute Gasteiger partial charge is 0.308 e. The van der Waals surface area contributed by atoms with E-state index in [1.807, 2.05) is 55.5 Å². The van der Waals surface area contributed by atoms with E-state index in [-0.39, 0.29) is 17.8 Å². The fourth-order valence-electron chi connectivity index (χ4n) is 5.82. The van der Waals surface area contributed by atoms with Gasteiger partial charge in [-0.25, -0.2) is 9.37 Å². The summed E-state index contributed by atoms with van der Waals surface area (Å²) in [6, 6.07) is 13.1. The minimum Gasteiger partial charge on any atom is -0.493 e. The van der Waals surface area contributed by atoms with Gasteiger partial charge in [-0.15, -0.1) is 0 Å². The van der Waals surface area contributed by atoms with Gasteiger partial charge in [0.2, 0.25) is 0 Å². The first kappa shape index (κ1) is 27.9. The summed E-state index contributed by atoms with van der Waals surface area (Å²) < 4.78 is 28.8. The van der Waals surface area contributed by atoms with Crippen LogP contribution in [0.25, 0.3) is 28.0 Å². The highest BCUT2D eigenvalue weighted by molar-refractivity contribution is 5.78. The van der Waals surface area contributed by atoms with Crippen LogP contribution < -0.4 is 9.64 Å². The van der Waals surface area contributed by atoms with Gasteiger partial charge in [0.25, 0.3) is 0 Å². The Morgan fingerprint density at radius 1 is 1.10 bits per heavy atom. The third-order valence-electron chi connectivity index (χ3n) is 8.30. The molecule has 0 saturated carbocycles. The number of hydrogen-bond donors (Lipinski definition) is 1. The monoisotopic (exact) mass is 570 g/mol. The number of hydrogen-bond acceptors (Lipinski definition) is 6. The number of fused-ring (bicyclic) bond motifs is 7. The number of aryl methyl sites for hydroxylation is 2. The largest absolute Gasteiger partial charge is 0.493 e. The molecule has 7 rings (SSSR count). The number of aliphatic carboxylic acids is 1. The molecule has 3 aliphatic heterocycles. The summed E-state index contributed by atoms with van der Waals surface area (Å²) in [7, 11) is 0. The minimum absolute atomic E-state index is 0.142. The first-order valence-electron chi connectivity index (χ1n) is 14.4. The van der Waals surface area contributed by atoms with E-state index in [0.717, 1.165) is 35.3 Å². The SMILES string of the molecule is Cc1cc2c(cc1F)OCC/C=C/COC1(C)CCN(CC1)c1c(CC(=O)O)c(C)nc3cc(nn13)-c1cccc-2c1. The standard InChI is InChI=1S/C33H35FN4O4/c1-21-16-26-23-8-7-9-24(17-23)28-20-30-35-22(2)25(18-31(39)40)32(38(30)36-28)37-12-10-33(3,11-13-37)42-15-6-4-5-14-41-29(26)19-27(21)34/h4,6-9,16-17,19-20H,5,10-15,18H2,1-3H3,(H,39,40)/b6-4+. The Balaban J connectivity index is 1.51. The molecule has 6 bridgehead atoms. The summed E-state index contributed by atoms with van der Waals surface area (Å²) in [5, 5.41) is 14.7.